The maximum atomic E-state index is 12.1. The van der Waals surface area contributed by atoms with Crippen molar-refractivity contribution in [2.75, 3.05) is 11.9 Å². The summed E-state index contributed by atoms with van der Waals surface area (Å²) < 4.78 is 26.6. The van der Waals surface area contributed by atoms with Crippen molar-refractivity contribution in [2.24, 2.45) is 0 Å². The van der Waals surface area contributed by atoms with Gasteiger partial charge in [0.25, 0.3) is 0 Å². The van der Waals surface area contributed by atoms with Crippen molar-refractivity contribution in [3.05, 3.63) is 46.7 Å². The molecule has 1 heterocycles. The molecular formula is C13H16N2O2S2. The van der Waals surface area contributed by atoms with E-state index in [2.05, 4.69) is 10.0 Å². The van der Waals surface area contributed by atoms with E-state index in [1.807, 2.05) is 22.9 Å². The minimum atomic E-state index is -3.44. The number of hydrogen-bond acceptors (Lipinski definition) is 4. The van der Waals surface area contributed by atoms with Crippen molar-refractivity contribution in [3.63, 3.8) is 0 Å². The summed E-state index contributed by atoms with van der Waals surface area (Å²) in [5.41, 5.74) is 1.76. The van der Waals surface area contributed by atoms with Gasteiger partial charge in [0, 0.05) is 13.1 Å². The van der Waals surface area contributed by atoms with Crippen molar-refractivity contribution >= 4 is 27.0 Å². The number of thiophene rings is 1. The molecule has 0 saturated carbocycles. The van der Waals surface area contributed by atoms with Crippen LogP contribution in [0.4, 0.5) is 5.69 Å². The standard InChI is InChI=1S/C13H16N2O2S2/c1-2-15-19(16,17)13-6-4-3-5-12(13)14-9-11-7-8-18-10-11/h3-8,10,14-15H,2,9H2,1H3. The van der Waals surface area contributed by atoms with Crippen molar-refractivity contribution in [1.29, 1.82) is 0 Å². The normalized spacial score (nSPS) is 11.4. The van der Waals surface area contributed by atoms with Crippen LogP contribution in [-0.2, 0) is 16.6 Å². The molecule has 0 spiro atoms. The SMILES string of the molecule is CCNS(=O)(=O)c1ccccc1NCc1ccsc1. The number of anilines is 1. The Morgan fingerprint density at radius 1 is 1.21 bits per heavy atom. The highest BCUT2D eigenvalue weighted by atomic mass is 32.2. The lowest BCUT2D eigenvalue weighted by molar-refractivity contribution is 0.584. The van der Waals surface area contributed by atoms with Crippen LogP contribution in [-0.4, -0.2) is 15.0 Å². The molecule has 1 aromatic carbocycles. The predicted octanol–water partition coefficient (Wildman–Crippen LogP) is 2.66. The van der Waals surface area contributed by atoms with Crippen LogP contribution >= 0.6 is 11.3 Å². The zero-order valence-corrected chi connectivity index (χ0v) is 12.2. The minimum Gasteiger partial charge on any atom is -0.380 e. The molecular weight excluding hydrogens is 280 g/mol. The van der Waals surface area contributed by atoms with E-state index in [0.29, 0.717) is 18.8 Å². The second-order valence-electron chi connectivity index (χ2n) is 3.98. The second-order valence-corrected chi connectivity index (χ2v) is 6.50. The van der Waals surface area contributed by atoms with E-state index in [-0.39, 0.29) is 4.90 Å². The van der Waals surface area contributed by atoms with Gasteiger partial charge >= 0.3 is 0 Å². The van der Waals surface area contributed by atoms with Crippen molar-refractivity contribution in [2.45, 2.75) is 18.4 Å². The monoisotopic (exact) mass is 296 g/mol. The lowest BCUT2D eigenvalue weighted by Crippen LogP contribution is -2.24. The third kappa shape index (κ3) is 3.56. The smallest absolute Gasteiger partial charge is 0.242 e. The maximum absolute atomic E-state index is 12.1. The van der Waals surface area contributed by atoms with E-state index in [4.69, 9.17) is 0 Å². The van der Waals surface area contributed by atoms with Gasteiger partial charge in [-0.3, -0.25) is 0 Å². The van der Waals surface area contributed by atoms with E-state index >= 15 is 0 Å². The highest BCUT2D eigenvalue weighted by Gasteiger charge is 2.16. The van der Waals surface area contributed by atoms with Crippen LogP contribution < -0.4 is 10.0 Å². The molecule has 0 bridgehead atoms. The predicted molar refractivity (Wildman–Crippen MR) is 79.0 cm³/mol. The van der Waals surface area contributed by atoms with E-state index in [1.165, 1.54) is 0 Å². The Morgan fingerprint density at radius 2 is 2.00 bits per heavy atom. The Kier molecular flexibility index (Phi) is 4.57. The number of para-hydroxylation sites is 1. The second kappa shape index (κ2) is 6.18. The summed E-state index contributed by atoms with van der Waals surface area (Å²) >= 11 is 1.62. The molecule has 0 amide bonds. The van der Waals surface area contributed by atoms with Gasteiger partial charge in [-0.25, -0.2) is 13.1 Å². The fourth-order valence-corrected chi connectivity index (χ4v) is 3.60. The Morgan fingerprint density at radius 3 is 2.68 bits per heavy atom. The Balaban J connectivity index is 2.21. The summed E-state index contributed by atoms with van der Waals surface area (Å²) in [4.78, 5) is 0.284. The van der Waals surface area contributed by atoms with E-state index in [9.17, 15) is 8.42 Å². The molecule has 0 aliphatic carbocycles. The summed E-state index contributed by atoms with van der Waals surface area (Å²) in [6.45, 7) is 2.75. The third-order valence-electron chi connectivity index (χ3n) is 2.57. The molecule has 19 heavy (non-hydrogen) atoms. The minimum absolute atomic E-state index is 0.284. The third-order valence-corrected chi connectivity index (χ3v) is 4.91. The molecule has 0 fully saturated rings. The molecule has 2 N–H and O–H groups in total. The Labute approximate surface area is 117 Å². The van der Waals surface area contributed by atoms with Crippen molar-refractivity contribution in [1.82, 2.24) is 4.72 Å². The highest BCUT2D eigenvalue weighted by molar-refractivity contribution is 7.89. The van der Waals surface area contributed by atoms with Gasteiger partial charge in [0.05, 0.1) is 5.69 Å². The van der Waals surface area contributed by atoms with Gasteiger partial charge in [0.15, 0.2) is 0 Å². The number of rotatable bonds is 6. The number of benzene rings is 1. The van der Waals surface area contributed by atoms with Crippen LogP contribution in [0.15, 0.2) is 46.0 Å². The van der Waals surface area contributed by atoms with Gasteiger partial charge in [-0.15, -0.1) is 0 Å². The fourth-order valence-electron chi connectivity index (χ4n) is 1.71. The molecule has 0 aliphatic rings. The molecule has 0 unspecified atom stereocenters. The molecule has 2 aromatic rings. The summed E-state index contributed by atoms with van der Waals surface area (Å²) in [7, 11) is -3.44. The molecule has 1 aromatic heterocycles. The zero-order valence-electron chi connectivity index (χ0n) is 10.6. The first kappa shape index (κ1) is 14.0. The van der Waals surface area contributed by atoms with Crippen LogP contribution in [0.25, 0.3) is 0 Å². The summed E-state index contributed by atoms with van der Waals surface area (Å²) in [6.07, 6.45) is 0. The largest absolute Gasteiger partial charge is 0.380 e. The topological polar surface area (TPSA) is 58.2 Å². The average Bonchev–Trinajstić information content (AvgIpc) is 2.90. The van der Waals surface area contributed by atoms with Crippen LogP contribution in [0.2, 0.25) is 0 Å². The molecule has 6 heteroatoms. The first-order chi connectivity index (χ1) is 9.13. The molecule has 0 saturated heterocycles. The van der Waals surface area contributed by atoms with E-state index < -0.39 is 10.0 Å². The maximum Gasteiger partial charge on any atom is 0.242 e. The molecule has 4 nitrogen and oxygen atoms in total. The quantitative estimate of drug-likeness (QED) is 0.861. The summed E-state index contributed by atoms with van der Waals surface area (Å²) in [5, 5.41) is 7.20. The summed E-state index contributed by atoms with van der Waals surface area (Å²) in [6, 6.07) is 8.94. The van der Waals surface area contributed by atoms with E-state index in [1.54, 1.807) is 36.5 Å². The molecule has 0 radical (unpaired) electrons. The molecule has 0 aliphatic heterocycles. The first-order valence-corrected chi connectivity index (χ1v) is 8.39. The number of hydrogen-bond donors (Lipinski definition) is 2. The summed E-state index contributed by atoms with van der Waals surface area (Å²) in [5.74, 6) is 0. The van der Waals surface area contributed by atoms with Crippen molar-refractivity contribution < 1.29 is 8.42 Å². The molecule has 102 valence electrons. The number of nitrogens with one attached hydrogen (secondary N) is 2. The lowest BCUT2D eigenvalue weighted by atomic mass is 10.3. The Bertz CT molecular complexity index is 622. The molecule has 2 rings (SSSR count). The van der Waals surface area contributed by atoms with Gasteiger partial charge < -0.3 is 5.32 Å². The molecule has 0 atom stereocenters. The zero-order chi connectivity index (χ0) is 13.7. The lowest BCUT2D eigenvalue weighted by Gasteiger charge is -2.12. The number of sulfonamides is 1. The van der Waals surface area contributed by atoms with Gasteiger partial charge in [-0.2, -0.15) is 11.3 Å². The van der Waals surface area contributed by atoms with Gasteiger partial charge in [0.1, 0.15) is 4.90 Å². The van der Waals surface area contributed by atoms with E-state index in [0.717, 1.165) is 5.56 Å². The van der Waals surface area contributed by atoms with Crippen molar-refractivity contribution in [3.8, 4) is 0 Å². The first-order valence-electron chi connectivity index (χ1n) is 5.97. The van der Waals surface area contributed by atoms with Crippen LogP contribution in [0.5, 0.6) is 0 Å². The van der Waals surface area contributed by atoms with Gasteiger partial charge in [0.2, 0.25) is 10.0 Å². The van der Waals surface area contributed by atoms with Crippen LogP contribution in [0.3, 0.4) is 0 Å². The van der Waals surface area contributed by atoms with Crippen LogP contribution in [0, 0.1) is 0 Å². The van der Waals surface area contributed by atoms with Gasteiger partial charge in [-0.1, -0.05) is 19.1 Å². The highest BCUT2D eigenvalue weighted by Crippen LogP contribution is 2.21. The van der Waals surface area contributed by atoms with Gasteiger partial charge in [-0.05, 0) is 34.5 Å². The average molecular weight is 296 g/mol. The fraction of sp³-hybridized carbons (Fsp3) is 0.231. The Hall–Kier alpha value is -1.37. The van der Waals surface area contributed by atoms with Crippen LogP contribution in [0.1, 0.15) is 12.5 Å².